The lowest BCUT2D eigenvalue weighted by Crippen LogP contribution is -2.55. The maximum absolute atomic E-state index is 12.5. The zero-order chi connectivity index (χ0) is 23.6. The number of pyridine rings is 1. The molecule has 0 spiro atoms. The SMILES string of the molecule is COC[C@]1(C)C[C@H]2CSC(N)=N[C@@]2(c2nc(NC(=O)c3ccc(OC(F)F)cn3)cs2)CO1. The van der Waals surface area contributed by atoms with Gasteiger partial charge in [0.05, 0.1) is 25.0 Å². The number of anilines is 1. The van der Waals surface area contributed by atoms with E-state index in [1.54, 1.807) is 12.5 Å². The summed E-state index contributed by atoms with van der Waals surface area (Å²) in [6, 6.07) is 2.54. The standard InChI is InChI=1S/C20H23F2N5O4S2/c1-19(9-29-2)5-11-7-33-18(23)27-20(11,10-30-19)16-26-14(8-32-16)25-15(28)13-4-3-12(6-24-13)31-17(21)22/h3-4,6,8,11,17H,5,7,9-10H2,1-2H3,(H2,23,27)(H,25,28)/t11-,19-,20-/m0/s1. The van der Waals surface area contributed by atoms with Crippen molar-refractivity contribution in [1.29, 1.82) is 0 Å². The number of amides is 1. The number of thioether (sulfide) groups is 1. The molecule has 2 aromatic heterocycles. The Morgan fingerprint density at radius 2 is 2.27 bits per heavy atom. The van der Waals surface area contributed by atoms with E-state index in [0.717, 1.165) is 18.4 Å². The number of thiazole rings is 1. The highest BCUT2D eigenvalue weighted by molar-refractivity contribution is 8.13. The van der Waals surface area contributed by atoms with Crippen LogP contribution < -0.4 is 15.8 Å². The Morgan fingerprint density at radius 1 is 1.45 bits per heavy atom. The molecule has 13 heteroatoms. The number of aliphatic imine (C=N–C) groups is 1. The first-order valence-electron chi connectivity index (χ1n) is 10.0. The molecule has 0 radical (unpaired) electrons. The smallest absolute Gasteiger partial charge is 0.387 e. The van der Waals surface area contributed by atoms with Crippen LogP contribution in [0.2, 0.25) is 0 Å². The first kappa shape index (κ1) is 23.8. The average molecular weight is 500 g/mol. The molecular weight excluding hydrogens is 476 g/mol. The number of amidine groups is 1. The second-order valence-corrected chi connectivity index (χ2v) is 9.91. The van der Waals surface area contributed by atoms with E-state index in [9.17, 15) is 13.6 Å². The summed E-state index contributed by atoms with van der Waals surface area (Å²) in [6.07, 6.45) is 1.79. The van der Waals surface area contributed by atoms with Gasteiger partial charge in [0.1, 0.15) is 27.8 Å². The van der Waals surface area contributed by atoms with E-state index in [2.05, 4.69) is 20.0 Å². The molecule has 1 fully saturated rings. The number of halogens is 2. The van der Waals surface area contributed by atoms with E-state index in [4.69, 9.17) is 20.2 Å². The van der Waals surface area contributed by atoms with Crippen molar-refractivity contribution < 1.29 is 27.8 Å². The van der Waals surface area contributed by atoms with Crippen LogP contribution in [-0.2, 0) is 15.0 Å². The Kier molecular flexibility index (Phi) is 6.84. The molecule has 1 saturated heterocycles. The van der Waals surface area contributed by atoms with Gasteiger partial charge in [-0.3, -0.25) is 4.79 Å². The monoisotopic (exact) mass is 499 g/mol. The summed E-state index contributed by atoms with van der Waals surface area (Å²) in [5, 5.41) is 5.56. The molecule has 0 saturated carbocycles. The van der Waals surface area contributed by atoms with Gasteiger partial charge in [0.2, 0.25) is 0 Å². The maximum Gasteiger partial charge on any atom is 0.387 e. The van der Waals surface area contributed by atoms with E-state index >= 15 is 0 Å². The van der Waals surface area contributed by atoms with Crippen molar-refractivity contribution in [3.63, 3.8) is 0 Å². The molecule has 4 heterocycles. The number of alkyl halides is 2. The second-order valence-electron chi connectivity index (χ2n) is 8.01. The number of ether oxygens (including phenoxy) is 3. The van der Waals surface area contributed by atoms with Crippen molar-refractivity contribution in [1.82, 2.24) is 9.97 Å². The molecule has 2 aliphatic rings. The van der Waals surface area contributed by atoms with Crippen molar-refractivity contribution in [2.24, 2.45) is 16.6 Å². The third-order valence-corrected chi connectivity index (χ3v) is 7.46. The van der Waals surface area contributed by atoms with Gasteiger partial charge in [-0.25, -0.2) is 15.0 Å². The third-order valence-electron chi connectivity index (χ3n) is 5.50. The molecule has 4 rings (SSSR count). The van der Waals surface area contributed by atoms with E-state index in [0.29, 0.717) is 29.2 Å². The first-order valence-corrected chi connectivity index (χ1v) is 11.9. The minimum absolute atomic E-state index is 0.0369. The van der Waals surface area contributed by atoms with Gasteiger partial charge in [-0.05, 0) is 25.5 Å². The molecule has 0 aromatic carbocycles. The van der Waals surface area contributed by atoms with Crippen LogP contribution in [0.15, 0.2) is 28.7 Å². The maximum atomic E-state index is 12.5. The normalized spacial score (nSPS) is 27.1. The van der Waals surface area contributed by atoms with Gasteiger partial charge < -0.3 is 25.3 Å². The van der Waals surface area contributed by atoms with Crippen LogP contribution in [0.5, 0.6) is 5.75 Å². The lowest BCUT2D eigenvalue weighted by atomic mass is 9.76. The Hall–Kier alpha value is -2.35. The van der Waals surface area contributed by atoms with Gasteiger partial charge >= 0.3 is 6.61 Å². The highest BCUT2D eigenvalue weighted by atomic mass is 32.2. The van der Waals surface area contributed by atoms with Crippen LogP contribution in [-0.4, -0.2) is 59.3 Å². The summed E-state index contributed by atoms with van der Waals surface area (Å²) in [4.78, 5) is 25.8. The number of carbonyl (C=O) groups is 1. The Bertz CT molecular complexity index is 1040. The van der Waals surface area contributed by atoms with Crippen molar-refractivity contribution in [3.05, 3.63) is 34.4 Å². The predicted molar refractivity (Wildman–Crippen MR) is 121 cm³/mol. The molecule has 33 heavy (non-hydrogen) atoms. The number of nitrogens with one attached hydrogen (secondary N) is 1. The van der Waals surface area contributed by atoms with Crippen molar-refractivity contribution >= 4 is 40.0 Å². The highest BCUT2D eigenvalue weighted by Gasteiger charge is 2.53. The van der Waals surface area contributed by atoms with Crippen LogP contribution in [0.3, 0.4) is 0 Å². The topological polar surface area (TPSA) is 121 Å². The summed E-state index contributed by atoms with van der Waals surface area (Å²) >= 11 is 2.87. The summed E-state index contributed by atoms with van der Waals surface area (Å²) in [5.41, 5.74) is 4.95. The molecule has 3 N–H and O–H groups in total. The van der Waals surface area contributed by atoms with Gasteiger partial charge in [0.15, 0.2) is 5.17 Å². The van der Waals surface area contributed by atoms with Crippen LogP contribution >= 0.6 is 23.1 Å². The number of hydrogen-bond donors (Lipinski definition) is 2. The minimum Gasteiger partial charge on any atom is -0.433 e. The number of hydrogen-bond acceptors (Lipinski definition) is 10. The lowest BCUT2D eigenvalue weighted by molar-refractivity contribution is -0.146. The molecule has 1 amide bonds. The van der Waals surface area contributed by atoms with Crippen LogP contribution in [0.25, 0.3) is 0 Å². The molecule has 3 atom stereocenters. The number of carbonyl (C=O) groups excluding carboxylic acids is 1. The molecule has 0 aliphatic carbocycles. The van der Waals surface area contributed by atoms with Gasteiger partial charge in [0.25, 0.3) is 5.91 Å². The average Bonchev–Trinajstić information content (AvgIpc) is 3.23. The predicted octanol–water partition coefficient (Wildman–Crippen LogP) is 3.09. The van der Waals surface area contributed by atoms with E-state index in [1.807, 2.05) is 6.92 Å². The zero-order valence-electron chi connectivity index (χ0n) is 17.9. The quantitative estimate of drug-likeness (QED) is 0.596. The first-order chi connectivity index (χ1) is 15.7. The summed E-state index contributed by atoms with van der Waals surface area (Å²) in [6.45, 7) is -0.178. The van der Waals surface area contributed by atoms with Crippen molar-refractivity contribution in [3.8, 4) is 5.75 Å². The number of nitrogens with zero attached hydrogens (tertiary/aromatic N) is 3. The lowest BCUT2D eigenvalue weighted by Gasteiger charge is -2.48. The van der Waals surface area contributed by atoms with Crippen LogP contribution in [0, 0.1) is 5.92 Å². The third kappa shape index (κ3) is 5.10. The fraction of sp³-hybridized carbons (Fsp3) is 0.500. The largest absolute Gasteiger partial charge is 0.433 e. The Labute approximate surface area is 197 Å². The number of methoxy groups -OCH3 is 1. The summed E-state index contributed by atoms with van der Waals surface area (Å²) in [7, 11) is 1.65. The fourth-order valence-corrected chi connectivity index (χ4v) is 5.93. The minimum atomic E-state index is -2.96. The summed E-state index contributed by atoms with van der Waals surface area (Å²) in [5.74, 6) is 0.573. The zero-order valence-corrected chi connectivity index (χ0v) is 19.5. The van der Waals surface area contributed by atoms with Crippen molar-refractivity contribution in [2.75, 3.05) is 31.4 Å². The summed E-state index contributed by atoms with van der Waals surface area (Å²) < 4.78 is 40.3. The van der Waals surface area contributed by atoms with Gasteiger partial charge in [-0.15, -0.1) is 11.3 Å². The number of fused-ring (bicyclic) bond motifs is 1. The molecule has 178 valence electrons. The van der Waals surface area contributed by atoms with Crippen LogP contribution in [0.4, 0.5) is 14.6 Å². The Balaban J connectivity index is 1.52. The van der Waals surface area contributed by atoms with Gasteiger partial charge in [-0.2, -0.15) is 8.78 Å². The second kappa shape index (κ2) is 9.49. The Morgan fingerprint density at radius 3 is 2.97 bits per heavy atom. The van der Waals surface area contributed by atoms with E-state index in [-0.39, 0.29) is 17.4 Å². The van der Waals surface area contributed by atoms with E-state index < -0.39 is 23.7 Å². The number of aromatic nitrogens is 2. The molecule has 0 bridgehead atoms. The molecular formula is C20H23F2N5O4S2. The number of nitrogens with two attached hydrogens (primary N) is 1. The molecule has 2 aromatic rings. The highest BCUT2D eigenvalue weighted by Crippen LogP contribution is 2.49. The number of rotatable bonds is 7. The molecule has 0 unspecified atom stereocenters. The molecule has 2 aliphatic heterocycles. The van der Waals surface area contributed by atoms with E-state index in [1.165, 1.54) is 35.2 Å². The van der Waals surface area contributed by atoms with Gasteiger partial charge in [-0.1, -0.05) is 11.8 Å². The van der Waals surface area contributed by atoms with Crippen LogP contribution in [0.1, 0.15) is 28.8 Å². The fourth-order valence-electron chi connectivity index (χ4n) is 3.97. The van der Waals surface area contributed by atoms with Gasteiger partial charge in [0, 0.05) is 24.2 Å². The van der Waals surface area contributed by atoms with Crippen molar-refractivity contribution in [2.45, 2.75) is 31.1 Å². The molecule has 9 nitrogen and oxygen atoms in total.